The van der Waals surface area contributed by atoms with Crippen molar-refractivity contribution in [2.75, 3.05) is 23.8 Å². The number of nitrogens with one attached hydrogen (secondary N) is 1. The first kappa shape index (κ1) is 18.9. The monoisotopic (exact) mass is 340 g/mol. The highest BCUT2D eigenvalue weighted by atomic mass is 16.1. The van der Waals surface area contributed by atoms with Crippen LogP contribution in [0.1, 0.15) is 61.1 Å². The molecular weight excluding hydrogens is 312 g/mol. The van der Waals surface area contributed by atoms with Gasteiger partial charge in [0.2, 0.25) is 5.95 Å². The van der Waals surface area contributed by atoms with E-state index in [0.29, 0.717) is 17.6 Å². The fourth-order valence-corrected chi connectivity index (χ4v) is 2.67. The van der Waals surface area contributed by atoms with E-state index in [9.17, 15) is 4.79 Å². The van der Waals surface area contributed by atoms with Crippen molar-refractivity contribution in [2.24, 2.45) is 0 Å². The van der Waals surface area contributed by atoms with E-state index in [4.69, 9.17) is 0 Å². The molecule has 2 aromatic rings. The molecule has 5 heteroatoms. The number of hydrogen-bond acceptors (Lipinski definition) is 4. The molecule has 0 aliphatic carbocycles. The maximum Gasteiger partial charge on any atom is 0.274 e. The zero-order valence-electron chi connectivity index (χ0n) is 15.8. The van der Waals surface area contributed by atoms with Gasteiger partial charge < -0.3 is 10.2 Å². The molecule has 1 heterocycles. The largest absolute Gasteiger partial charge is 0.344 e. The Hall–Kier alpha value is -2.43. The second-order valence-electron chi connectivity index (χ2n) is 6.66. The molecule has 1 N–H and O–H groups in total. The summed E-state index contributed by atoms with van der Waals surface area (Å²) in [4.78, 5) is 23.4. The predicted molar refractivity (Wildman–Crippen MR) is 103 cm³/mol. The van der Waals surface area contributed by atoms with Crippen LogP contribution in [0.4, 0.5) is 11.6 Å². The number of amides is 1. The van der Waals surface area contributed by atoms with E-state index in [2.05, 4.69) is 42.1 Å². The molecule has 0 aliphatic rings. The maximum atomic E-state index is 12.7. The van der Waals surface area contributed by atoms with Crippen molar-refractivity contribution in [1.82, 2.24) is 9.97 Å². The van der Waals surface area contributed by atoms with Crippen LogP contribution in [-0.4, -0.2) is 29.5 Å². The molecule has 0 saturated carbocycles. The topological polar surface area (TPSA) is 58.1 Å². The van der Waals surface area contributed by atoms with Crippen LogP contribution in [0, 0.1) is 6.92 Å². The molecule has 0 saturated heterocycles. The average molecular weight is 340 g/mol. The molecule has 0 unspecified atom stereocenters. The van der Waals surface area contributed by atoms with Crippen molar-refractivity contribution < 1.29 is 4.79 Å². The standard InChI is InChI=1S/C20H28N4O/c1-6-7-13-24(5)20-21-12-11-17(22-20)19(25)23-18-15(4)9-8-10-16(18)14(2)3/h8-12,14H,6-7,13H2,1-5H3,(H,23,25). The van der Waals surface area contributed by atoms with Crippen molar-refractivity contribution in [2.45, 2.75) is 46.5 Å². The summed E-state index contributed by atoms with van der Waals surface area (Å²) in [6, 6.07) is 7.73. The van der Waals surface area contributed by atoms with E-state index in [1.807, 2.05) is 31.0 Å². The van der Waals surface area contributed by atoms with Crippen LogP contribution >= 0.6 is 0 Å². The van der Waals surface area contributed by atoms with Gasteiger partial charge in [-0.1, -0.05) is 45.4 Å². The number of benzene rings is 1. The molecule has 5 nitrogen and oxygen atoms in total. The number of anilines is 2. The average Bonchev–Trinajstić information content (AvgIpc) is 2.61. The molecular formula is C20H28N4O. The second-order valence-corrected chi connectivity index (χ2v) is 6.66. The first-order valence-corrected chi connectivity index (χ1v) is 8.89. The lowest BCUT2D eigenvalue weighted by molar-refractivity contribution is 0.102. The number of aryl methyl sites for hydroxylation is 1. The first-order chi connectivity index (χ1) is 11.9. The van der Waals surface area contributed by atoms with Crippen LogP contribution < -0.4 is 10.2 Å². The lowest BCUT2D eigenvalue weighted by atomic mass is 9.98. The van der Waals surface area contributed by atoms with Gasteiger partial charge in [-0.15, -0.1) is 0 Å². The molecule has 1 aromatic carbocycles. The summed E-state index contributed by atoms with van der Waals surface area (Å²) >= 11 is 0. The van der Waals surface area contributed by atoms with E-state index in [1.54, 1.807) is 12.3 Å². The molecule has 1 aromatic heterocycles. The van der Waals surface area contributed by atoms with Gasteiger partial charge in [0.15, 0.2) is 0 Å². The van der Waals surface area contributed by atoms with Crippen LogP contribution in [0.25, 0.3) is 0 Å². The lowest BCUT2D eigenvalue weighted by Gasteiger charge is -2.18. The van der Waals surface area contributed by atoms with Crippen LogP contribution in [0.5, 0.6) is 0 Å². The highest BCUT2D eigenvalue weighted by Gasteiger charge is 2.15. The van der Waals surface area contributed by atoms with Gasteiger partial charge in [-0.3, -0.25) is 4.79 Å². The molecule has 0 radical (unpaired) electrons. The Balaban J connectivity index is 2.22. The number of unbranched alkanes of at least 4 members (excludes halogenated alkanes) is 1. The smallest absolute Gasteiger partial charge is 0.274 e. The predicted octanol–water partition coefficient (Wildman–Crippen LogP) is 4.40. The molecule has 0 spiro atoms. The van der Waals surface area contributed by atoms with E-state index in [1.165, 1.54) is 0 Å². The summed E-state index contributed by atoms with van der Waals surface area (Å²) in [5.74, 6) is 0.704. The number of nitrogens with zero attached hydrogens (tertiary/aromatic N) is 3. The number of carbonyl (C=O) groups is 1. The van der Waals surface area contributed by atoms with Crippen LogP contribution in [0.2, 0.25) is 0 Å². The highest BCUT2D eigenvalue weighted by Crippen LogP contribution is 2.27. The molecule has 0 fully saturated rings. The molecule has 0 bridgehead atoms. The minimum absolute atomic E-state index is 0.205. The molecule has 0 aliphatic heterocycles. The van der Waals surface area contributed by atoms with Crippen molar-refractivity contribution in [3.63, 3.8) is 0 Å². The Morgan fingerprint density at radius 1 is 1.28 bits per heavy atom. The van der Waals surface area contributed by atoms with Crippen LogP contribution in [0.3, 0.4) is 0 Å². The van der Waals surface area contributed by atoms with Crippen molar-refractivity contribution in [3.05, 3.63) is 47.3 Å². The normalized spacial score (nSPS) is 10.8. The number of para-hydroxylation sites is 1. The third-order valence-electron chi connectivity index (χ3n) is 4.23. The van der Waals surface area contributed by atoms with E-state index >= 15 is 0 Å². The van der Waals surface area contributed by atoms with Gasteiger partial charge in [0, 0.05) is 25.5 Å². The minimum Gasteiger partial charge on any atom is -0.344 e. The van der Waals surface area contributed by atoms with E-state index < -0.39 is 0 Å². The molecule has 1 amide bonds. The Kier molecular flexibility index (Phi) is 6.51. The quantitative estimate of drug-likeness (QED) is 0.812. The minimum atomic E-state index is -0.205. The van der Waals surface area contributed by atoms with Crippen LogP contribution in [0.15, 0.2) is 30.5 Å². The third kappa shape index (κ3) is 4.78. The second kappa shape index (κ2) is 8.60. The molecule has 25 heavy (non-hydrogen) atoms. The molecule has 0 atom stereocenters. The van der Waals surface area contributed by atoms with Gasteiger partial charge in [0.1, 0.15) is 5.69 Å². The van der Waals surface area contributed by atoms with Gasteiger partial charge in [-0.25, -0.2) is 9.97 Å². The number of rotatable bonds is 7. The zero-order valence-corrected chi connectivity index (χ0v) is 15.8. The summed E-state index contributed by atoms with van der Waals surface area (Å²) < 4.78 is 0. The maximum absolute atomic E-state index is 12.7. The van der Waals surface area contributed by atoms with Gasteiger partial charge in [0.25, 0.3) is 5.91 Å². The highest BCUT2D eigenvalue weighted by molar-refractivity contribution is 6.03. The SMILES string of the molecule is CCCCN(C)c1nccc(C(=O)Nc2c(C)cccc2C(C)C)n1. The summed E-state index contributed by atoms with van der Waals surface area (Å²) in [6.45, 7) is 9.27. The van der Waals surface area contributed by atoms with Crippen molar-refractivity contribution in [3.8, 4) is 0 Å². The molecule has 134 valence electrons. The van der Waals surface area contributed by atoms with Crippen molar-refractivity contribution >= 4 is 17.5 Å². The van der Waals surface area contributed by atoms with Gasteiger partial charge in [0.05, 0.1) is 0 Å². The Morgan fingerprint density at radius 2 is 2.04 bits per heavy atom. The van der Waals surface area contributed by atoms with Crippen molar-refractivity contribution in [1.29, 1.82) is 0 Å². The number of aromatic nitrogens is 2. The Bertz CT molecular complexity index is 727. The van der Waals surface area contributed by atoms with Gasteiger partial charge in [-0.2, -0.15) is 0 Å². The zero-order chi connectivity index (χ0) is 18.4. The Labute approximate surface area is 150 Å². The number of hydrogen-bond donors (Lipinski definition) is 1. The summed E-state index contributed by atoms with van der Waals surface area (Å²) in [6.07, 6.45) is 3.81. The summed E-state index contributed by atoms with van der Waals surface area (Å²) in [5, 5.41) is 3.04. The van der Waals surface area contributed by atoms with E-state index in [0.717, 1.165) is 36.2 Å². The fourth-order valence-electron chi connectivity index (χ4n) is 2.67. The summed E-state index contributed by atoms with van der Waals surface area (Å²) in [7, 11) is 1.95. The van der Waals surface area contributed by atoms with Gasteiger partial charge >= 0.3 is 0 Å². The summed E-state index contributed by atoms with van der Waals surface area (Å²) in [5.41, 5.74) is 3.44. The van der Waals surface area contributed by atoms with Crippen LogP contribution in [-0.2, 0) is 0 Å². The molecule has 2 rings (SSSR count). The van der Waals surface area contributed by atoms with E-state index in [-0.39, 0.29) is 5.91 Å². The lowest BCUT2D eigenvalue weighted by Crippen LogP contribution is -2.23. The third-order valence-corrected chi connectivity index (χ3v) is 4.23. The fraction of sp³-hybridized carbons (Fsp3) is 0.450. The Morgan fingerprint density at radius 3 is 2.72 bits per heavy atom. The first-order valence-electron chi connectivity index (χ1n) is 8.89. The van der Waals surface area contributed by atoms with Gasteiger partial charge in [-0.05, 0) is 36.5 Å². The number of carbonyl (C=O) groups excluding carboxylic acids is 1.